The summed E-state index contributed by atoms with van der Waals surface area (Å²) >= 11 is 0. The van der Waals surface area contributed by atoms with Crippen LogP contribution in [-0.2, 0) is 0 Å². The van der Waals surface area contributed by atoms with Crippen molar-refractivity contribution in [2.75, 3.05) is 12.8 Å². The van der Waals surface area contributed by atoms with Crippen molar-refractivity contribution in [2.45, 2.75) is 0 Å². The molecule has 104 valence electrons. The van der Waals surface area contributed by atoms with Gasteiger partial charge in [0.05, 0.1) is 18.8 Å². The Labute approximate surface area is 121 Å². The number of methoxy groups -OCH3 is 1. The molecule has 0 radical (unpaired) electrons. The summed E-state index contributed by atoms with van der Waals surface area (Å²) in [5, 5.41) is 0.831. The number of hydrogen-bond donors (Lipinski definition) is 1. The molecule has 1 aromatic carbocycles. The lowest BCUT2D eigenvalue weighted by atomic mass is 10.1. The van der Waals surface area contributed by atoms with E-state index in [1.54, 1.807) is 18.3 Å². The van der Waals surface area contributed by atoms with Gasteiger partial charge in [0.1, 0.15) is 11.4 Å². The van der Waals surface area contributed by atoms with Crippen LogP contribution in [0.25, 0.3) is 10.9 Å². The molecule has 0 fully saturated rings. The van der Waals surface area contributed by atoms with Gasteiger partial charge in [-0.1, -0.05) is 18.2 Å². The van der Waals surface area contributed by atoms with E-state index in [1.807, 2.05) is 24.3 Å². The number of nitrogen functional groups attached to an aromatic ring is 1. The Balaban J connectivity index is 2.09. The zero-order chi connectivity index (χ0) is 14.8. The fraction of sp³-hybridized carbons (Fsp3) is 0.0625. The number of carbonyl (C=O) groups is 1. The van der Waals surface area contributed by atoms with Crippen LogP contribution in [0.1, 0.15) is 16.1 Å². The quantitative estimate of drug-likeness (QED) is 0.745. The van der Waals surface area contributed by atoms with E-state index in [0.717, 1.165) is 5.39 Å². The zero-order valence-corrected chi connectivity index (χ0v) is 11.4. The Morgan fingerprint density at radius 3 is 2.81 bits per heavy atom. The van der Waals surface area contributed by atoms with Crippen LogP contribution >= 0.6 is 0 Å². The molecule has 0 unspecified atom stereocenters. The van der Waals surface area contributed by atoms with E-state index >= 15 is 0 Å². The third-order valence-corrected chi connectivity index (χ3v) is 3.19. The molecule has 3 aromatic rings. The first-order chi connectivity index (χ1) is 10.2. The Hall–Kier alpha value is -2.95. The molecule has 5 nitrogen and oxygen atoms in total. The number of nitrogens with two attached hydrogens (primary N) is 1. The number of pyridine rings is 2. The summed E-state index contributed by atoms with van der Waals surface area (Å²) in [6, 6.07) is 10.7. The Kier molecular flexibility index (Phi) is 3.23. The third kappa shape index (κ3) is 2.41. The molecule has 2 aromatic heterocycles. The second-order valence-electron chi connectivity index (χ2n) is 4.56. The molecule has 0 amide bonds. The van der Waals surface area contributed by atoms with Gasteiger partial charge in [0.25, 0.3) is 0 Å². The molecule has 2 heterocycles. The number of ketones is 1. The summed E-state index contributed by atoms with van der Waals surface area (Å²) in [5.41, 5.74) is 7.92. The molecule has 0 bridgehead atoms. The molecule has 2 N–H and O–H groups in total. The second-order valence-corrected chi connectivity index (χ2v) is 4.56. The van der Waals surface area contributed by atoms with Gasteiger partial charge in [-0.05, 0) is 18.2 Å². The normalized spacial score (nSPS) is 10.5. The summed E-state index contributed by atoms with van der Waals surface area (Å²) in [5.74, 6) is 0.286. The molecule has 0 spiro atoms. The smallest absolute Gasteiger partial charge is 0.213 e. The lowest BCUT2D eigenvalue weighted by molar-refractivity contribution is 0.103. The van der Waals surface area contributed by atoms with Gasteiger partial charge in [0.2, 0.25) is 5.78 Å². The molecule has 0 aliphatic heterocycles. The van der Waals surface area contributed by atoms with E-state index in [1.165, 1.54) is 13.3 Å². The van der Waals surface area contributed by atoms with Gasteiger partial charge in [-0.15, -0.1) is 0 Å². The lowest BCUT2D eigenvalue weighted by Crippen LogP contribution is -2.06. The highest BCUT2D eigenvalue weighted by Gasteiger charge is 2.14. The lowest BCUT2D eigenvalue weighted by Gasteiger charge is -2.06. The monoisotopic (exact) mass is 279 g/mol. The molecule has 5 heteroatoms. The van der Waals surface area contributed by atoms with Gasteiger partial charge in [-0.25, -0.2) is 4.98 Å². The van der Waals surface area contributed by atoms with E-state index in [9.17, 15) is 4.79 Å². The Bertz CT molecular complexity index is 831. The molecule has 0 aliphatic rings. The highest BCUT2D eigenvalue weighted by molar-refractivity contribution is 6.09. The van der Waals surface area contributed by atoms with E-state index in [2.05, 4.69) is 9.97 Å². The van der Waals surface area contributed by atoms with Crippen molar-refractivity contribution in [3.63, 3.8) is 0 Å². The maximum absolute atomic E-state index is 12.5. The second kappa shape index (κ2) is 5.20. The number of aromatic nitrogens is 2. The fourth-order valence-corrected chi connectivity index (χ4v) is 2.12. The van der Waals surface area contributed by atoms with Crippen molar-refractivity contribution in [3.8, 4) is 5.75 Å². The average molecular weight is 279 g/mol. The average Bonchev–Trinajstić information content (AvgIpc) is 2.54. The number of hydrogen-bond acceptors (Lipinski definition) is 5. The maximum atomic E-state index is 12.5. The highest BCUT2D eigenvalue weighted by atomic mass is 16.5. The van der Waals surface area contributed by atoms with Crippen LogP contribution in [0, 0.1) is 0 Å². The largest absolute Gasteiger partial charge is 0.495 e. The number of carbonyl (C=O) groups excluding carboxylic acids is 1. The Morgan fingerprint density at radius 2 is 2.00 bits per heavy atom. The van der Waals surface area contributed by atoms with Crippen molar-refractivity contribution in [1.29, 1.82) is 0 Å². The van der Waals surface area contributed by atoms with Crippen molar-refractivity contribution in [1.82, 2.24) is 9.97 Å². The van der Waals surface area contributed by atoms with Crippen LogP contribution < -0.4 is 10.5 Å². The summed E-state index contributed by atoms with van der Waals surface area (Å²) in [6.45, 7) is 0. The molecule has 21 heavy (non-hydrogen) atoms. The first-order valence-electron chi connectivity index (χ1n) is 6.38. The molecule has 3 rings (SSSR count). The fourth-order valence-electron chi connectivity index (χ4n) is 2.12. The predicted molar refractivity (Wildman–Crippen MR) is 80.4 cm³/mol. The molecule has 0 saturated carbocycles. The summed E-state index contributed by atoms with van der Waals surface area (Å²) in [6.07, 6.45) is 3.02. The molecule has 0 atom stereocenters. The van der Waals surface area contributed by atoms with Crippen molar-refractivity contribution in [3.05, 3.63) is 60.0 Å². The van der Waals surface area contributed by atoms with Crippen molar-refractivity contribution in [2.24, 2.45) is 0 Å². The van der Waals surface area contributed by atoms with Crippen LogP contribution in [0.3, 0.4) is 0 Å². The number of benzene rings is 1. The number of ether oxygens (including phenoxy) is 1. The van der Waals surface area contributed by atoms with E-state index < -0.39 is 0 Å². The number of rotatable bonds is 3. The third-order valence-electron chi connectivity index (χ3n) is 3.19. The minimum Gasteiger partial charge on any atom is -0.495 e. The summed E-state index contributed by atoms with van der Waals surface area (Å²) in [4.78, 5) is 20.8. The van der Waals surface area contributed by atoms with Gasteiger partial charge in [0, 0.05) is 22.8 Å². The first-order valence-corrected chi connectivity index (χ1v) is 6.38. The zero-order valence-electron chi connectivity index (χ0n) is 11.4. The van der Waals surface area contributed by atoms with Gasteiger partial charge in [-0.2, -0.15) is 0 Å². The van der Waals surface area contributed by atoms with Crippen LogP contribution in [0.15, 0.2) is 48.8 Å². The van der Waals surface area contributed by atoms with Crippen molar-refractivity contribution >= 4 is 22.4 Å². The van der Waals surface area contributed by atoms with Gasteiger partial charge in [0.15, 0.2) is 0 Å². The van der Waals surface area contributed by atoms with Gasteiger partial charge < -0.3 is 10.5 Å². The minimum atomic E-state index is -0.237. The maximum Gasteiger partial charge on any atom is 0.213 e. The molecule has 0 aliphatic carbocycles. The van der Waals surface area contributed by atoms with Gasteiger partial charge in [-0.3, -0.25) is 9.78 Å². The number of anilines is 1. The Morgan fingerprint density at radius 1 is 1.19 bits per heavy atom. The number of fused-ring (bicyclic) bond motifs is 1. The SMILES string of the molecule is COc1cncc(C(=O)c2cc(N)c3ccccc3n2)c1. The summed E-state index contributed by atoms with van der Waals surface area (Å²) in [7, 11) is 1.53. The van der Waals surface area contributed by atoms with E-state index in [4.69, 9.17) is 10.5 Å². The molecular formula is C16H13N3O2. The van der Waals surface area contributed by atoms with Crippen LogP contribution in [-0.4, -0.2) is 22.9 Å². The molecular weight excluding hydrogens is 266 g/mol. The predicted octanol–water partition coefficient (Wildman–Crippen LogP) is 2.45. The number of nitrogens with zero attached hydrogens (tertiary/aromatic N) is 2. The molecule has 0 saturated heterocycles. The summed E-state index contributed by atoms with van der Waals surface area (Å²) < 4.78 is 5.08. The first kappa shape index (κ1) is 13.1. The number of para-hydroxylation sites is 1. The standard InChI is InChI=1S/C16H13N3O2/c1-21-11-6-10(8-18-9-11)16(20)15-7-13(17)12-4-2-3-5-14(12)19-15/h2-9H,1H3,(H2,17,19). The topological polar surface area (TPSA) is 78.1 Å². The van der Waals surface area contributed by atoms with E-state index in [-0.39, 0.29) is 5.78 Å². The van der Waals surface area contributed by atoms with Crippen LogP contribution in [0.2, 0.25) is 0 Å². The van der Waals surface area contributed by atoms with E-state index in [0.29, 0.717) is 28.2 Å². The van der Waals surface area contributed by atoms with Crippen LogP contribution in [0.4, 0.5) is 5.69 Å². The highest BCUT2D eigenvalue weighted by Crippen LogP contribution is 2.22. The van der Waals surface area contributed by atoms with Crippen LogP contribution in [0.5, 0.6) is 5.75 Å². The minimum absolute atomic E-state index is 0.237. The van der Waals surface area contributed by atoms with Gasteiger partial charge >= 0.3 is 0 Å². The van der Waals surface area contributed by atoms with Crippen molar-refractivity contribution < 1.29 is 9.53 Å².